The number of hydrogen-bond acceptors (Lipinski definition) is 5. The Kier molecular flexibility index (Phi) is 6.86. The van der Waals surface area contributed by atoms with E-state index in [0.717, 1.165) is 11.6 Å². The average Bonchev–Trinajstić information content (AvgIpc) is 3.02. The van der Waals surface area contributed by atoms with Gasteiger partial charge < -0.3 is 9.47 Å². The molecule has 0 bridgehead atoms. The van der Waals surface area contributed by atoms with Gasteiger partial charge in [-0.25, -0.2) is 13.2 Å². The first-order chi connectivity index (χ1) is 17.6. The number of carbonyl (C=O) groups excluding carboxylic acids is 1. The summed E-state index contributed by atoms with van der Waals surface area (Å²) in [6.07, 6.45) is -5.33. The Morgan fingerprint density at radius 2 is 1.66 bits per heavy atom. The second-order valence-electron chi connectivity index (χ2n) is 10.2. The molecule has 0 saturated carbocycles. The maximum atomic E-state index is 15.3. The molecule has 3 aromatic carbocycles. The summed E-state index contributed by atoms with van der Waals surface area (Å²) < 4.78 is 84.0. The summed E-state index contributed by atoms with van der Waals surface area (Å²) >= 11 is 0. The maximum absolute atomic E-state index is 15.3. The van der Waals surface area contributed by atoms with Gasteiger partial charge in [-0.1, -0.05) is 62.7 Å². The molecule has 1 atom stereocenters. The normalized spacial score (nSPS) is 19.2. The Bertz CT molecular complexity index is 1490. The molecule has 0 aromatic heterocycles. The monoisotopic (exact) mass is 547 g/mol. The van der Waals surface area contributed by atoms with E-state index < -0.39 is 50.3 Å². The highest BCUT2D eigenvalue weighted by molar-refractivity contribution is 7.89. The van der Waals surface area contributed by atoms with Crippen molar-refractivity contribution in [3.05, 3.63) is 94.5 Å². The summed E-state index contributed by atoms with van der Waals surface area (Å²) in [7, 11) is -3.39. The molecule has 0 radical (unpaired) electrons. The van der Waals surface area contributed by atoms with Crippen molar-refractivity contribution >= 4 is 16.0 Å². The molecule has 10 heteroatoms. The first kappa shape index (κ1) is 27.7. The summed E-state index contributed by atoms with van der Waals surface area (Å²) in [6.45, 7) is 6.45. The fraction of sp³-hybridized carbons (Fsp3) is 0.321. The fourth-order valence-corrected chi connectivity index (χ4v) is 6.33. The van der Waals surface area contributed by atoms with Gasteiger partial charge in [0.2, 0.25) is 10.0 Å². The lowest BCUT2D eigenvalue weighted by Gasteiger charge is -2.38. The highest BCUT2D eigenvalue weighted by atomic mass is 32.2. The van der Waals surface area contributed by atoms with Gasteiger partial charge in [0.25, 0.3) is 0 Å². The molecular weight excluding hydrogens is 519 g/mol. The van der Waals surface area contributed by atoms with Crippen LogP contribution in [0.15, 0.2) is 71.6 Å². The molecule has 202 valence electrons. The van der Waals surface area contributed by atoms with Gasteiger partial charge in [-0.15, -0.1) is 4.31 Å². The zero-order valence-corrected chi connectivity index (χ0v) is 22.4. The molecule has 38 heavy (non-hydrogen) atoms. The summed E-state index contributed by atoms with van der Waals surface area (Å²) in [5, 5.41) is 0. The molecule has 6 nitrogen and oxygen atoms in total. The summed E-state index contributed by atoms with van der Waals surface area (Å²) in [5.41, 5.74) is -3.60. The number of fused-ring (bicyclic) bond motifs is 1. The van der Waals surface area contributed by atoms with Crippen LogP contribution >= 0.6 is 0 Å². The molecular formula is C28H28F3NO5S. The lowest BCUT2D eigenvalue weighted by Crippen LogP contribution is -2.56. The highest BCUT2D eigenvalue weighted by Crippen LogP contribution is 2.55. The Balaban J connectivity index is 1.99. The van der Waals surface area contributed by atoms with Crippen molar-refractivity contribution in [1.29, 1.82) is 0 Å². The number of sulfonamides is 1. The van der Waals surface area contributed by atoms with Crippen LogP contribution in [-0.4, -0.2) is 32.0 Å². The van der Waals surface area contributed by atoms with Crippen molar-refractivity contribution < 1.29 is 35.9 Å². The van der Waals surface area contributed by atoms with Gasteiger partial charge in [0, 0.05) is 12.1 Å². The number of nitrogens with zero attached hydrogens (tertiary/aromatic N) is 1. The van der Waals surface area contributed by atoms with Gasteiger partial charge in [0.05, 0.1) is 17.6 Å². The molecule has 4 rings (SSSR count). The van der Waals surface area contributed by atoms with Crippen molar-refractivity contribution in [1.82, 2.24) is 4.31 Å². The van der Waals surface area contributed by atoms with Crippen LogP contribution in [0.3, 0.4) is 0 Å². The van der Waals surface area contributed by atoms with Crippen LogP contribution in [0.4, 0.5) is 13.2 Å². The lowest BCUT2D eigenvalue weighted by molar-refractivity contribution is -0.303. The van der Waals surface area contributed by atoms with Crippen molar-refractivity contribution in [3.8, 4) is 5.75 Å². The van der Waals surface area contributed by atoms with Gasteiger partial charge >= 0.3 is 17.9 Å². The first-order valence-corrected chi connectivity index (χ1v) is 13.2. The molecule has 0 amide bonds. The predicted octanol–water partition coefficient (Wildman–Crippen LogP) is 6.08. The third kappa shape index (κ3) is 4.67. The highest BCUT2D eigenvalue weighted by Gasteiger charge is 2.72. The van der Waals surface area contributed by atoms with Gasteiger partial charge in [-0.05, 0) is 53.8 Å². The van der Waals surface area contributed by atoms with Gasteiger partial charge in [0.15, 0.2) is 0 Å². The van der Waals surface area contributed by atoms with Gasteiger partial charge in [-0.3, -0.25) is 0 Å². The zero-order valence-electron chi connectivity index (χ0n) is 21.6. The number of esters is 1. The standard InChI is InChI=1S/C28H28F3NO5S/c1-18-8-6-9-19(14-18)17-32-27(28(29,30)31,37-25(33)20-10-7-11-22(15-20)36-5)23-16-21(26(2,3)4)12-13-24(23)38(32,34)35/h6-16H,17H2,1-5H3/t27-/m1/s1. The SMILES string of the molecule is COc1cccc(C(=O)O[C@@]2(C(F)(F)F)c3cc(C(C)(C)C)ccc3S(=O)(=O)N2Cc2cccc(C)c2)c1. The third-order valence-electron chi connectivity index (χ3n) is 6.47. The second-order valence-corrected chi connectivity index (χ2v) is 12.1. The van der Waals surface area contributed by atoms with E-state index in [1.54, 1.807) is 45.9 Å². The van der Waals surface area contributed by atoms with E-state index in [-0.39, 0.29) is 15.6 Å². The Labute approximate surface area is 220 Å². The van der Waals surface area contributed by atoms with Crippen molar-refractivity contribution in [2.45, 2.75) is 56.5 Å². The molecule has 3 aromatic rings. The van der Waals surface area contributed by atoms with Crippen LogP contribution in [0.2, 0.25) is 0 Å². The van der Waals surface area contributed by atoms with Crippen molar-refractivity contribution in [2.75, 3.05) is 7.11 Å². The summed E-state index contributed by atoms with van der Waals surface area (Å²) in [5.74, 6) is -1.12. The van der Waals surface area contributed by atoms with Gasteiger partial charge in [0.1, 0.15) is 5.75 Å². The van der Waals surface area contributed by atoms with E-state index in [9.17, 15) is 13.2 Å². The molecule has 1 heterocycles. The smallest absolute Gasteiger partial charge is 0.449 e. The van der Waals surface area contributed by atoms with E-state index in [1.165, 1.54) is 49.6 Å². The molecule has 0 N–H and O–H groups in total. The topological polar surface area (TPSA) is 72.9 Å². The quantitative estimate of drug-likeness (QED) is 0.362. The van der Waals surface area contributed by atoms with Crippen LogP contribution in [0.25, 0.3) is 0 Å². The molecule has 0 unspecified atom stereocenters. The predicted molar refractivity (Wildman–Crippen MR) is 135 cm³/mol. The number of methoxy groups -OCH3 is 1. The largest absolute Gasteiger partial charge is 0.497 e. The fourth-order valence-electron chi connectivity index (χ4n) is 4.48. The molecule has 0 aliphatic carbocycles. The lowest BCUT2D eigenvalue weighted by atomic mass is 9.84. The summed E-state index contributed by atoms with van der Waals surface area (Å²) in [4.78, 5) is 12.7. The molecule has 0 saturated heterocycles. The number of rotatable bonds is 5. The maximum Gasteiger partial charge on any atom is 0.449 e. The van der Waals surface area contributed by atoms with E-state index in [4.69, 9.17) is 9.47 Å². The first-order valence-electron chi connectivity index (χ1n) is 11.8. The molecule has 0 fully saturated rings. The number of carbonyl (C=O) groups is 1. The minimum absolute atomic E-state index is 0.221. The number of aryl methyl sites for hydroxylation is 1. The van der Waals surface area contributed by atoms with Crippen LogP contribution in [-0.2, 0) is 32.4 Å². The minimum atomic E-state index is -5.33. The molecule has 1 aliphatic heterocycles. The van der Waals surface area contributed by atoms with E-state index in [1.807, 2.05) is 0 Å². The molecule has 0 spiro atoms. The van der Waals surface area contributed by atoms with Crippen LogP contribution in [0, 0.1) is 6.92 Å². The Hall–Kier alpha value is -3.37. The van der Waals surface area contributed by atoms with Crippen molar-refractivity contribution in [2.24, 2.45) is 0 Å². The third-order valence-corrected chi connectivity index (χ3v) is 8.35. The van der Waals surface area contributed by atoms with E-state index >= 15 is 13.2 Å². The summed E-state index contributed by atoms with van der Waals surface area (Å²) in [6, 6.07) is 15.7. The minimum Gasteiger partial charge on any atom is -0.497 e. The number of benzene rings is 3. The Morgan fingerprint density at radius 3 is 2.26 bits per heavy atom. The van der Waals surface area contributed by atoms with Gasteiger partial charge in [-0.2, -0.15) is 13.2 Å². The van der Waals surface area contributed by atoms with Crippen LogP contribution in [0.5, 0.6) is 5.75 Å². The van der Waals surface area contributed by atoms with Crippen LogP contribution < -0.4 is 4.74 Å². The Morgan fingerprint density at radius 1 is 0.974 bits per heavy atom. The molecule has 1 aliphatic rings. The number of ether oxygens (including phenoxy) is 2. The zero-order chi connectivity index (χ0) is 28.1. The van der Waals surface area contributed by atoms with E-state index in [2.05, 4.69) is 0 Å². The number of alkyl halides is 3. The van der Waals surface area contributed by atoms with E-state index in [0.29, 0.717) is 11.1 Å². The van der Waals surface area contributed by atoms with Crippen LogP contribution in [0.1, 0.15) is 53.4 Å². The second kappa shape index (κ2) is 9.43. The average molecular weight is 548 g/mol. The number of hydrogen-bond donors (Lipinski definition) is 0. The number of halogens is 3. The van der Waals surface area contributed by atoms with Crippen molar-refractivity contribution in [3.63, 3.8) is 0 Å².